The highest BCUT2D eigenvalue weighted by molar-refractivity contribution is 6.13. The van der Waals surface area contributed by atoms with Crippen LogP contribution in [0.15, 0.2) is 51.0 Å². The Labute approximate surface area is 160 Å². The number of aliphatic hydroxyl groups excluding tert-OH is 1. The average Bonchev–Trinajstić information content (AvgIpc) is 2.93. The number of carbonyl (C=O) groups is 1. The second-order valence-corrected chi connectivity index (χ2v) is 6.57. The van der Waals surface area contributed by atoms with Crippen molar-refractivity contribution in [3.8, 4) is 11.8 Å². The number of benzene rings is 1. The SMILES string of the molecule is CCCN1C(=O)[C@]2(C(C#N)=C(N)Oc3c2oc(CO)cc3=O)c2ccccc21. The molecule has 2 aliphatic rings. The molecule has 0 aliphatic carbocycles. The van der Waals surface area contributed by atoms with E-state index in [-0.39, 0.29) is 28.7 Å². The number of nitrogens with two attached hydrogens (primary N) is 1. The number of hydrogen-bond acceptors (Lipinski definition) is 7. The van der Waals surface area contributed by atoms with E-state index in [1.165, 1.54) is 0 Å². The van der Waals surface area contributed by atoms with E-state index in [0.717, 1.165) is 6.07 Å². The minimum atomic E-state index is -1.73. The first kappa shape index (κ1) is 17.8. The standard InChI is InChI=1S/C20H17N3O5/c1-2-7-23-14-6-4-3-5-12(14)20(19(23)26)13(9-21)18(22)28-16-15(25)8-11(10-24)27-17(16)20/h3-6,8,24H,2,7,10,22H2,1H3/t20-/m0/s1. The molecule has 0 fully saturated rings. The molecule has 8 nitrogen and oxygen atoms in total. The van der Waals surface area contributed by atoms with Gasteiger partial charge in [0.15, 0.2) is 11.2 Å². The summed E-state index contributed by atoms with van der Waals surface area (Å²) in [6.07, 6.45) is 0.682. The molecule has 1 aromatic carbocycles. The van der Waals surface area contributed by atoms with E-state index < -0.39 is 23.4 Å². The minimum Gasteiger partial charge on any atom is -0.457 e. The molecule has 0 bridgehead atoms. The van der Waals surface area contributed by atoms with E-state index in [1.807, 2.05) is 13.0 Å². The van der Waals surface area contributed by atoms with Gasteiger partial charge in [-0.1, -0.05) is 25.1 Å². The Balaban J connectivity index is 2.17. The Morgan fingerprint density at radius 3 is 2.75 bits per heavy atom. The van der Waals surface area contributed by atoms with Crippen molar-refractivity contribution in [3.05, 3.63) is 69.1 Å². The maximum Gasteiger partial charge on any atom is 0.251 e. The van der Waals surface area contributed by atoms with Crippen molar-refractivity contribution >= 4 is 11.6 Å². The summed E-state index contributed by atoms with van der Waals surface area (Å²) in [6.45, 7) is 1.79. The molecule has 8 heteroatoms. The summed E-state index contributed by atoms with van der Waals surface area (Å²) in [5, 5.41) is 19.4. The van der Waals surface area contributed by atoms with Crippen LogP contribution in [0.1, 0.15) is 30.4 Å². The summed E-state index contributed by atoms with van der Waals surface area (Å²) >= 11 is 0. The van der Waals surface area contributed by atoms with Gasteiger partial charge in [0.25, 0.3) is 5.91 Å². The molecule has 4 rings (SSSR count). The lowest BCUT2D eigenvalue weighted by molar-refractivity contribution is -0.121. The quantitative estimate of drug-likeness (QED) is 0.821. The number of amides is 1. The van der Waals surface area contributed by atoms with Gasteiger partial charge in [-0.15, -0.1) is 0 Å². The monoisotopic (exact) mass is 379 g/mol. The zero-order chi connectivity index (χ0) is 20.1. The Morgan fingerprint density at radius 1 is 1.32 bits per heavy atom. The van der Waals surface area contributed by atoms with E-state index in [4.69, 9.17) is 14.9 Å². The number of ether oxygens (including phenoxy) is 1. The van der Waals surface area contributed by atoms with E-state index in [2.05, 4.69) is 0 Å². The summed E-state index contributed by atoms with van der Waals surface area (Å²) in [5.41, 5.74) is 4.59. The first-order valence-corrected chi connectivity index (χ1v) is 8.78. The minimum absolute atomic E-state index is 0.0382. The van der Waals surface area contributed by atoms with Crippen LogP contribution >= 0.6 is 0 Å². The normalized spacial score (nSPS) is 20.0. The molecule has 28 heavy (non-hydrogen) atoms. The van der Waals surface area contributed by atoms with E-state index in [1.54, 1.807) is 29.2 Å². The average molecular weight is 379 g/mol. The molecule has 2 aliphatic heterocycles. The zero-order valence-corrected chi connectivity index (χ0v) is 15.1. The van der Waals surface area contributed by atoms with Crippen LogP contribution in [0, 0.1) is 11.3 Å². The van der Waals surface area contributed by atoms with E-state index in [9.17, 15) is 20.0 Å². The van der Waals surface area contributed by atoms with Gasteiger partial charge in [-0.25, -0.2) is 0 Å². The van der Waals surface area contributed by atoms with Crippen molar-refractivity contribution in [1.29, 1.82) is 5.26 Å². The molecule has 3 N–H and O–H groups in total. The van der Waals surface area contributed by atoms with Gasteiger partial charge in [0.1, 0.15) is 24.0 Å². The fraction of sp³-hybridized carbons (Fsp3) is 0.250. The summed E-state index contributed by atoms with van der Waals surface area (Å²) in [7, 11) is 0. The number of nitriles is 1. The zero-order valence-electron chi connectivity index (χ0n) is 15.1. The molecule has 0 saturated carbocycles. The van der Waals surface area contributed by atoms with Crippen LogP contribution in [0.2, 0.25) is 0 Å². The van der Waals surface area contributed by atoms with Crippen LogP contribution in [0.4, 0.5) is 5.69 Å². The van der Waals surface area contributed by atoms with Gasteiger partial charge in [0.2, 0.25) is 17.1 Å². The van der Waals surface area contributed by atoms with Gasteiger partial charge in [-0.05, 0) is 12.5 Å². The molecule has 2 aromatic rings. The predicted molar refractivity (Wildman–Crippen MR) is 98.2 cm³/mol. The van der Waals surface area contributed by atoms with Crippen LogP contribution in [-0.2, 0) is 16.8 Å². The number of carbonyl (C=O) groups excluding carboxylic acids is 1. The molecular formula is C20H17N3O5. The van der Waals surface area contributed by atoms with Crippen molar-refractivity contribution in [2.24, 2.45) is 5.73 Å². The largest absolute Gasteiger partial charge is 0.457 e. The Hall–Kier alpha value is -3.57. The Kier molecular flexibility index (Phi) is 3.98. The molecule has 142 valence electrons. The smallest absolute Gasteiger partial charge is 0.251 e. The van der Waals surface area contributed by atoms with Crippen LogP contribution in [0.5, 0.6) is 5.75 Å². The predicted octanol–water partition coefficient (Wildman–Crippen LogP) is 1.26. The number of aliphatic hydroxyl groups is 1. The van der Waals surface area contributed by atoms with Crippen LogP contribution in [0.25, 0.3) is 0 Å². The van der Waals surface area contributed by atoms with Gasteiger partial charge in [-0.2, -0.15) is 5.26 Å². The Morgan fingerprint density at radius 2 is 2.07 bits per heavy atom. The van der Waals surface area contributed by atoms with Gasteiger partial charge < -0.3 is 24.9 Å². The summed E-state index contributed by atoms with van der Waals surface area (Å²) in [5.74, 6) is -1.19. The molecule has 0 unspecified atom stereocenters. The lowest BCUT2D eigenvalue weighted by Gasteiger charge is -2.32. The number of hydrogen-bond donors (Lipinski definition) is 2. The molecule has 0 radical (unpaired) electrons. The van der Waals surface area contributed by atoms with Crippen molar-refractivity contribution < 1.29 is 19.1 Å². The number of nitrogens with zero attached hydrogens (tertiary/aromatic N) is 2. The van der Waals surface area contributed by atoms with Crippen molar-refractivity contribution in [2.75, 3.05) is 11.4 Å². The fourth-order valence-corrected chi connectivity index (χ4v) is 3.91. The lowest BCUT2D eigenvalue weighted by atomic mass is 9.72. The van der Waals surface area contributed by atoms with E-state index in [0.29, 0.717) is 24.2 Å². The highest BCUT2D eigenvalue weighted by Crippen LogP contribution is 2.54. The number of para-hydroxylation sites is 1. The maximum absolute atomic E-state index is 13.7. The molecule has 1 aromatic heterocycles. The van der Waals surface area contributed by atoms with Crippen molar-refractivity contribution in [3.63, 3.8) is 0 Å². The highest BCUT2D eigenvalue weighted by atomic mass is 16.5. The number of rotatable bonds is 3. The molecule has 1 spiro atoms. The lowest BCUT2D eigenvalue weighted by Crippen LogP contribution is -2.47. The summed E-state index contributed by atoms with van der Waals surface area (Å²) in [6, 6.07) is 10.0. The highest BCUT2D eigenvalue weighted by Gasteiger charge is 2.61. The fourth-order valence-electron chi connectivity index (χ4n) is 3.91. The summed E-state index contributed by atoms with van der Waals surface area (Å²) in [4.78, 5) is 27.8. The Bertz CT molecular complexity index is 1130. The number of fused-ring (bicyclic) bond motifs is 4. The first-order valence-electron chi connectivity index (χ1n) is 8.78. The van der Waals surface area contributed by atoms with Gasteiger partial charge in [0.05, 0.1) is 0 Å². The second-order valence-electron chi connectivity index (χ2n) is 6.57. The van der Waals surface area contributed by atoms with Crippen LogP contribution in [0.3, 0.4) is 0 Å². The van der Waals surface area contributed by atoms with E-state index >= 15 is 0 Å². The second kappa shape index (κ2) is 6.25. The third kappa shape index (κ3) is 2.08. The number of anilines is 1. The molecular weight excluding hydrogens is 362 g/mol. The summed E-state index contributed by atoms with van der Waals surface area (Å²) < 4.78 is 11.1. The first-order chi connectivity index (χ1) is 13.5. The van der Waals surface area contributed by atoms with Crippen molar-refractivity contribution in [2.45, 2.75) is 25.4 Å². The van der Waals surface area contributed by atoms with Crippen LogP contribution in [-0.4, -0.2) is 17.6 Å². The third-order valence-electron chi connectivity index (χ3n) is 5.01. The molecule has 1 amide bonds. The van der Waals surface area contributed by atoms with Gasteiger partial charge in [-0.3, -0.25) is 9.59 Å². The van der Waals surface area contributed by atoms with Gasteiger partial charge >= 0.3 is 0 Å². The topological polar surface area (TPSA) is 130 Å². The molecule has 1 atom stereocenters. The molecule has 3 heterocycles. The van der Waals surface area contributed by atoms with Crippen LogP contribution < -0.4 is 20.8 Å². The maximum atomic E-state index is 13.7. The molecule has 0 saturated heterocycles. The van der Waals surface area contributed by atoms with Gasteiger partial charge in [0, 0.05) is 23.9 Å². The third-order valence-corrected chi connectivity index (χ3v) is 5.01. The van der Waals surface area contributed by atoms with Crippen molar-refractivity contribution in [1.82, 2.24) is 0 Å².